The van der Waals surface area contributed by atoms with Crippen LogP contribution in [0.4, 0.5) is 5.69 Å². The van der Waals surface area contributed by atoms with E-state index >= 15 is 0 Å². The van der Waals surface area contributed by atoms with E-state index in [0.717, 1.165) is 45.5 Å². The molecule has 0 atom stereocenters. The van der Waals surface area contributed by atoms with Crippen molar-refractivity contribution in [3.05, 3.63) is 59.2 Å². The molecule has 0 bridgehead atoms. The van der Waals surface area contributed by atoms with Crippen LogP contribution in [0.1, 0.15) is 23.6 Å². The van der Waals surface area contributed by atoms with Gasteiger partial charge in [0.05, 0.1) is 5.75 Å². The zero-order valence-electron chi connectivity index (χ0n) is 16.1. The topological polar surface area (TPSA) is 59.8 Å². The summed E-state index contributed by atoms with van der Waals surface area (Å²) in [5.41, 5.74) is 5.26. The molecular weight excluding hydrogens is 356 g/mol. The number of thioether (sulfide) groups is 1. The second-order valence-corrected chi connectivity index (χ2v) is 7.46. The molecule has 5 nitrogen and oxygen atoms in total. The van der Waals surface area contributed by atoms with E-state index in [1.807, 2.05) is 50.2 Å². The first-order valence-corrected chi connectivity index (χ1v) is 9.97. The van der Waals surface area contributed by atoms with Crippen LogP contribution in [-0.2, 0) is 11.3 Å². The third-order valence-corrected chi connectivity index (χ3v) is 5.39. The summed E-state index contributed by atoms with van der Waals surface area (Å²) in [4.78, 5) is 12.4. The number of hydrogen-bond donors (Lipinski definition) is 1. The molecule has 1 N–H and O–H groups in total. The Morgan fingerprint density at radius 1 is 1.07 bits per heavy atom. The SMILES string of the molecule is CCn1c(SCC(=O)Nc2cc(C)ccc2C)nnc1-c1ccccc1C. The van der Waals surface area contributed by atoms with Gasteiger partial charge in [-0.3, -0.25) is 4.79 Å². The molecule has 3 rings (SSSR count). The minimum atomic E-state index is -0.0446. The zero-order chi connectivity index (χ0) is 19.4. The lowest BCUT2D eigenvalue weighted by atomic mass is 10.1. The first-order chi connectivity index (χ1) is 13.0. The molecule has 0 aliphatic rings. The van der Waals surface area contributed by atoms with Gasteiger partial charge in [0.15, 0.2) is 11.0 Å². The fourth-order valence-corrected chi connectivity index (χ4v) is 3.69. The number of aromatic nitrogens is 3. The van der Waals surface area contributed by atoms with Gasteiger partial charge in [-0.25, -0.2) is 0 Å². The predicted molar refractivity (Wildman–Crippen MR) is 111 cm³/mol. The Kier molecular flexibility index (Phi) is 5.96. The van der Waals surface area contributed by atoms with Crippen molar-refractivity contribution in [1.29, 1.82) is 0 Å². The predicted octanol–water partition coefficient (Wildman–Crippen LogP) is 4.62. The Bertz CT molecular complexity index is 965. The van der Waals surface area contributed by atoms with E-state index in [9.17, 15) is 4.79 Å². The van der Waals surface area contributed by atoms with Gasteiger partial charge >= 0.3 is 0 Å². The summed E-state index contributed by atoms with van der Waals surface area (Å²) in [5.74, 6) is 1.09. The number of amides is 1. The monoisotopic (exact) mass is 380 g/mol. The summed E-state index contributed by atoms with van der Waals surface area (Å²) in [7, 11) is 0. The number of rotatable bonds is 6. The highest BCUT2D eigenvalue weighted by atomic mass is 32.2. The normalized spacial score (nSPS) is 10.8. The van der Waals surface area contributed by atoms with Gasteiger partial charge in [-0.2, -0.15) is 0 Å². The minimum Gasteiger partial charge on any atom is -0.325 e. The molecule has 1 aromatic heterocycles. The average Bonchev–Trinajstić information content (AvgIpc) is 3.06. The van der Waals surface area contributed by atoms with Gasteiger partial charge < -0.3 is 9.88 Å². The molecule has 0 aliphatic carbocycles. The number of aryl methyl sites for hydroxylation is 3. The highest BCUT2D eigenvalue weighted by molar-refractivity contribution is 7.99. The molecule has 0 unspecified atom stereocenters. The second-order valence-electron chi connectivity index (χ2n) is 6.52. The molecule has 2 aromatic carbocycles. The van der Waals surface area contributed by atoms with Gasteiger partial charge in [0.2, 0.25) is 5.91 Å². The van der Waals surface area contributed by atoms with Gasteiger partial charge in [-0.05, 0) is 50.5 Å². The van der Waals surface area contributed by atoms with Gasteiger partial charge in [-0.1, -0.05) is 48.2 Å². The van der Waals surface area contributed by atoms with Gasteiger partial charge in [-0.15, -0.1) is 10.2 Å². The maximum Gasteiger partial charge on any atom is 0.234 e. The molecule has 0 aliphatic heterocycles. The van der Waals surface area contributed by atoms with Crippen molar-refractivity contribution in [3.63, 3.8) is 0 Å². The lowest BCUT2D eigenvalue weighted by Crippen LogP contribution is -2.15. The lowest BCUT2D eigenvalue weighted by molar-refractivity contribution is -0.113. The molecule has 0 spiro atoms. The largest absolute Gasteiger partial charge is 0.325 e. The van der Waals surface area contributed by atoms with Gasteiger partial charge in [0, 0.05) is 17.8 Å². The summed E-state index contributed by atoms with van der Waals surface area (Å²) in [6.45, 7) is 8.88. The summed E-state index contributed by atoms with van der Waals surface area (Å²) in [6, 6.07) is 14.2. The van der Waals surface area contributed by atoms with Crippen molar-refractivity contribution >= 4 is 23.4 Å². The molecular formula is C21H24N4OS. The van der Waals surface area contributed by atoms with Crippen molar-refractivity contribution in [2.45, 2.75) is 39.4 Å². The first-order valence-electron chi connectivity index (χ1n) is 8.98. The highest BCUT2D eigenvalue weighted by Crippen LogP contribution is 2.26. The molecule has 6 heteroatoms. The van der Waals surface area contributed by atoms with Crippen molar-refractivity contribution in [3.8, 4) is 11.4 Å². The zero-order valence-corrected chi connectivity index (χ0v) is 16.9. The lowest BCUT2D eigenvalue weighted by Gasteiger charge is -2.10. The second kappa shape index (κ2) is 8.39. The molecule has 1 amide bonds. The van der Waals surface area contributed by atoms with Crippen molar-refractivity contribution in [2.24, 2.45) is 0 Å². The Morgan fingerprint density at radius 2 is 1.85 bits per heavy atom. The summed E-state index contributed by atoms with van der Waals surface area (Å²) < 4.78 is 2.05. The van der Waals surface area contributed by atoms with E-state index in [1.54, 1.807) is 0 Å². The van der Waals surface area contributed by atoms with Crippen LogP contribution in [0, 0.1) is 20.8 Å². The van der Waals surface area contributed by atoms with E-state index in [1.165, 1.54) is 11.8 Å². The minimum absolute atomic E-state index is 0.0446. The average molecular weight is 381 g/mol. The molecule has 0 saturated carbocycles. The van der Waals surface area contributed by atoms with E-state index in [-0.39, 0.29) is 5.91 Å². The van der Waals surface area contributed by atoms with Crippen LogP contribution in [0.2, 0.25) is 0 Å². The van der Waals surface area contributed by atoms with Gasteiger partial charge in [0.25, 0.3) is 0 Å². The number of nitrogens with one attached hydrogen (secondary N) is 1. The standard InChI is InChI=1S/C21H24N4OS/c1-5-25-20(17-9-7-6-8-15(17)3)23-24-21(25)27-13-19(26)22-18-12-14(2)10-11-16(18)4/h6-12H,5,13H2,1-4H3,(H,22,26). The highest BCUT2D eigenvalue weighted by Gasteiger charge is 2.16. The fraction of sp³-hybridized carbons (Fsp3) is 0.286. The third kappa shape index (κ3) is 4.39. The van der Waals surface area contributed by atoms with Crippen molar-refractivity contribution < 1.29 is 4.79 Å². The summed E-state index contributed by atoms with van der Waals surface area (Å²) in [6.07, 6.45) is 0. The summed E-state index contributed by atoms with van der Waals surface area (Å²) >= 11 is 1.41. The molecule has 0 fully saturated rings. The van der Waals surface area contributed by atoms with E-state index < -0.39 is 0 Å². The van der Waals surface area contributed by atoms with Crippen molar-refractivity contribution in [2.75, 3.05) is 11.1 Å². The van der Waals surface area contributed by atoms with E-state index in [0.29, 0.717) is 5.75 Å². The van der Waals surface area contributed by atoms with Crippen LogP contribution < -0.4 is 5.32 Å². The van der Waals surface area contributed by atoms with Crippen LogP contribution in [-0.4, -0.2) is 26.4 Å². The van der Waals surface area contributed by atoms with Gasteiger partial charge in [0.1, 0.15) is 0 Å². The molecule has 140 valence electrons. The first kappa shape index (κ1) is 19.2. The van der Waals surface area contributed by atoms with Crippen molar-refractivity contribution in [1.82, 2.24) is 14.8 Å². The number of nitrogens with zero attached hydrogens (tertiary/aromatic N) is 3. The Morgan fingerprint density at radius 3 is 2.59 bits per heavy atom. The number of hydrogen-bond acceptors (Lipinski definition) is 4. The maximum atomic E-state index is 12.4. The van der Waals surface area contributed by atoms with Crippen LogP contribution >= 0.6 is 11.8 Å². The Labute approximate surface area is 164 Å². The Hall–Kier alpha value is -2.60. The van der Waals surface area contributed by atoms with Crippen LogP contribution in [0.25, 0.3) is 11.4 Å². The van der Waals surface area contributed by atoms with E-state index in [2.05, 4.69) is 40.0 Å². The number of benzene rings is 2. The van der Waals surface area contributed by atoms with E-state index in [4.69, 9.17) is 0 Å². The van der Waals surface area contributed by atoms with Crippen LogP contribution in [0.15, 0.2) is 47.6 Å². The van der Waals surface area contributed by atoms with Crippen LogP contribution in [0.5, 0.6) is 0 Å². The maximum absolute atomic E-state index is 12.4. The summed E-state index contributed by atoms with van der Waals surface area (Å²) in [5, 5.41) is 12.4. The molecule has 27 heavy (non-hydrogen) atoms. The number of anilines is 1. The fourth-order valence-electron chi connectivity index (χ4n) is 2.89. The molecule has 0 radical (unpaired) electrons. The molecule has 0 saturated heterocycles. The Balaban J connectivity index is 1.72. The third-order valence-electron chi connectivity index (χ3n) is 4.42. The van der Waals surface area contributed by atoms with Crippen LogP contribution in [0.3, 0.4) is 0 Å². The quantitative estimate of drug-likeness (QED) is 0.634. The smallest absolute Gasteiger partial charge is 0.234 e. The molecule has 1 heterocycles. The molecule has 3 aromatic rings. The number of carbonyl (C=O) groups is 1. The number of carbonyl (C=O) groups excluding carboxylic acids is 1.